The largest absolute Gasteiger partial charge is 0.444 e. The van der Waals surface area contributed by atoms with E-state index in [9.17, 15) is 24.0 Å². The number of likely N-dealkylation sites (tertiary alicyclic amines) is 2. The van der Waals surface area contributed by atoms with Crippen LogP contribution >= 0.6 is 11.3 Å². The highest BCUT2D eigenvalue weighted by Crippen LogP contribution is 2.33. The lowest BCUT2D eigenvalue weighted by atomic mass is 9.86. The van der Waals surface area contributed by atoms with Crippen LogP contribution in [0.2, 0.25) is 0 Å². The average Bonchev–Trinajstić information content (AvgIpc) is 3.95. The maximum absolute atomic E-state index is 14.6. The van der Waals surface area contributed by atoms with Crippen LogP contribution in [0.3, 0.4) is 0 Å². The van der Waals surface area contributed by atoms with Crippen LogP contribution in [0.5, 0.6) is 0 Å². The van der Waals surface area contributed by atoms with E-state index in [2.05, 4.69) is 15.6 Å². The molecule has 15 heteroatoms. The molecule has 0 bridgehead atoms. The third kappa shape index (κ3) is 12.6. The molecule has 1 aromatic carbocycles. The van der Waals surface area contributed by atoms with E-state index in [0.29, 0.717) is 38.8 Å². The number of hydrogen-bond acceptors (Lipinski definition) is 10. The Morgan fingerprint density at radius 3 is 2.26 bits per heavy atom. The summed E-state index contributed by atoms with van der Waals surface area (Å²) in [6.45, 7) is 17.7. The van der Waals surface area contributed by atoms with Gasteiger partial charge < -0.3 is 34.6 Å². The molecule has 2 aliphatic rings. The summed E-state index contributed by atoms with van der Waals surface area (Å²) in [6.07, 6.45) is 4.58. The lowest BCUT2D eigenvalue weighted by Crippen LogP contribution is -2.65. The van der Waals surface area contributed by atoms with Crippen LogP contribution in [0.25, 0.3) is 0 Å². The Hall–Kier alpha value is -4.08. The van der Waals surface area contributed by atoms with Gasteiger partial charge in [0, 0.05) is 45.9 Å². The first kappa shape index (κ1) is 50.6. The Bertz CT molecular complexity index is 1770. The summed E-state index contributed by atoms with van der Waals surface area (Å²) in [5.74, 6) is -1.99. The number of benzene rings is 1. The summed E-state index contributed by atoms with van der Waals surface area (Å²) in [5.41, 5.74) is -0.863. The van der Waals surface area contributed by atoms with Crippen molar-refractivity contribution in [1.29, 1.82) is 0 Å². The molecule has 0 saturated carbocycles. The highest BCUT2D eigenvalue weighted by molar-refractivity contribution is 7.09. The predicted molar refractivity (Wildman–Crippen MR) is 241 cm³/mol. The molecule has 62 heavy (non-hydrogen) atoms. The Labute approximate surface area is 374 Å². The average molecular weight is 883 g/mol. The minimum atomic E-state index is -1.21. The van der Waals surface area contributed by atoms with Gasteiger partial charge in [-0.3, -0.25) is 24.1 Å². The molecule has 346 valence electrons. The zero-order valence-electron chi connectivity index (χ0n) is 39.3. The fraction of sp³-hybridized carbons (Fsp3) is 0.702. The second-order valence-electron chi connectivity index (χ2n) is 18.8. The molecule has 5 amide bonds. The molecule has 14 nitrogen and oxygen atoms in total. The molecule has 0 radical (unpaired) electrons. The third-order valence-electron chi connectivity index (χ3n) is 12.8. The van der Waals surface area contributed by atoms with Crippen LogP contribution in [0.1, 0.15) is 124 Å². The summed E-state index contributed by atoms with van der Waals surface area (Å²) in [6, 6.07) is 7.89. The molecule has 2 fully saturated rings. The normalized spacial score (nSPS) is 21.6. The Morgan fingerprint density at radius 2 is 1.68 bits per heavy atom. The topological polar surface area (TPSA) is 160 Å². The van der Waals surface area contributed by atoms with Crippen molar-refractivity contribution in [2.75, 3.05) is 34.4 Å². The van der Waals surface area contributed by atoms with Crippen LogP contribution in [0.15, 0.2) is 41.9 Å². The van der Waals surface area contributed by atoms with Crippen molar-refractivity contribution in [3.63, 3.8) is 0 Å². The molecular formula is C47H74N6O8S. The SMILES string of the molecule is CCC(C)C([C@@H](CC(=O)N1CCC[C@H]1[C@H](OC)C(C)C(=O)NC(Cc1ccccc1)c1nccs1)OC)N(C)C(=O)[C@@H](NC(=O)[C@@]1(C)CCCCN1C(=O)OC(C)(C)C)C(C)C. The molecule has 2 N–H and O–H groups in total. The van der Waals surface area contributed by atoms with Crippen molar-refractivity contribution in [2.24, 2.45) is 17.8 Å². The van der Waals surface area contributed by atoms with Gasteiger partial charge in [-0.25, -0.2) is 9.78 Å². The summed E-state index contributed by atoms with van der Waals surface area (Å²) in [4.78, 5) is 80.0. The molecule has 0 aliphatic carbocycles. The van der Waals surface area contributed by atoms with Crippen molar-refractivity contribution in [1.82, 2.24) is 30.3 Å². The Balaban J connectivity index is 1.50. The number of amides is 5. The first-order chi connectivity index (χ1) is 29.3. The van der Waals surface area contributed by atoms with Gasteiger partial charge in [0.05, 0.1) is 42.7 Å². The van der Waals surface area contributed by atoms with E-state index in [-0.39, 0.29) is 48.1 Å². The number of rotatable bonds is 19. The number of piperidine rings is 1. The molecule has 9 atom stereocenters. The molecule has 2 saturated heterocycles. The van der Waals surface area contributed by atoms with Crippen molar-refractivity contribution in [3.05, 3.63) is 52.5 Å². The van der Waals surface area contributed by atoms with Gasteiger partial charge in [-0.05, 0) is 83.6 Å². The van der Waals surface area contributed by atoms with E-state index in [1.165, 1.54) is 16.2 Å². The minimum Gasteiger partial charge on any atom is -0.444 e. The maximum Gasteiger partial charge on any atom is 0.411 e. The number of thiazole rings is 1. The lowest BCUT2D eigenvalue weighted by molar-refractivity contribution is -0.148. The first-order valence-electron chi connectivity index (χ1n) is 22.4. The van der Waals surface area contributed by atoms with Crippen LogP contribution in [0.4, 0.5) is 4.79 Å². The van der Waals surface area contributed by atoms with Gasteiger partial charge in [0.1, 0.15) is 22.2 Å². The van der Waals surface area contributed by atoms with E-state index in [4.69, 9.17) is 14.2 Å². The summed E-state index contributed by atoms with van der Waals surface area (Å²) >= 11 is 1.50. The smallest absolute Gasteiger partial charge is 0.411 e. The van der Waals surface area contributed by atoms with Gasteiger partial charge in [-0.1, -0.05) is 71.4 Å². The molecule has 0 spiro atoms. The van der Waals surface area contributed by atoms with Gasteiger partial charge in [0.2, 0.25) is 23.6 Å². The first-order valence-corrected chi connectivity index (χ1v) is 23.3. The van der Waals surface area contributed by atoms with E-state index in [0.717, 1.165) is 29.8 Å². The molecule has 4 rings (SSSR count). The number of aromatic nitrogens is 1. The monoisotopic (exact) mass is 883 g/mol. The van der Waals surface area contributed by atoms with E-state index < -0.39 is 53.3 Å². The van der Waals surface area contributed by atoms with Gasteiger partial charge in [0.15, 0.2) is 0 Å². The van der Waals surface area contributed by atoms with Crippen LogP contribution in [-0.4, -0.2) is 125 Å². The van der Waals surface area contributed by atoms with E-state index in [1.54, 1.807) is 60.1 Å². The number of ether oxygens (including phenoxy) is 3. The summed E-state index contributed by atoms with van der Waals surface area (Å²) < 4.78 is 17.8. The molecular weight excluding hydrogens is 809 g/mol. The number of nitrogens with zero attached hydrogens (tertiary/aromatic N) is 4. The van der Waals surface area contributed by atoms with Crippen LogP contribution in [-0.2, 0) is 39.8 Å². The fourth-order valence-corrected chi connectivity index (χ4v) is 9.75. The third-order valence-corrected chi connectivity index (χ3v) is 13.7. The van der Waals surface area contributed by atoms with Gasteiger partial charge in [0.25, 0.3) is 0 Å². The standard InChI is InChI=1S/C47H74N6O8S/c1-13-31(4)39(51(10)43(56)38(30(2)3)50-44(57)47(9)23-17-18-26-53(47)45(58)61-46(6,7)8)36(59-11)29-37(54)52-25-19-22-35(52)40(60-12)32(5)41(55)49-34(42-48-24-27-62-42)28-33-20-15-14-16-21-33/h14-16,20-21,24,27,30-32,34-36,38-40H,13,17-19,22-23,25-26,28-29H2,1-12H3,(H,49,55)(H,50,57)/t31?,32?,34?,35-,36+,38-,39?,40+,47+/m0/s1. The Morgan fingerprint density at radius 1 is 0.984 bits per heavy atom. The number of hydrogen-bond donors (Lipinski definition) is 2. The van der Waals surface area contributed by atoms with Crippen LogP contribution < -0.4 is 10.6 Å². The zero-order chi connectivity index (χ0) is 45.9. The molecule has 4 unspecified atom stereocenters. The minimum absolute atomic E-state index is 0.00145. The number of likely N-dealkylation sites (N-methyl/N-ethyl adjacent to an activating group) is 1. The van der Waals surface area contributed by atoms with E-state index in [1.807, 2.05) is 75.2 Å². The summed E-state index contributed by atoms with van der Waals surface area (Å²) in [5, 5.41) is 8.99. The quantitative estimate of drug-likeness (QED) is 0.155. The molecule has 3 heterocycles. The van der Waals surface area contributed by atoms with Crippen molar-refractivity contribution in [2.45, 2.75) is 161 Å². The second kappa shape index (κ2) is 22.5. The highest BCUT2D eigenvalue weighted by Gasteiger charge is 2.48. The lowest BCUT2D eigenvalue weighted by Gasteiger charge is -2.45. The highest BCUT2D eigenvalue weighted by atomic mass is 32.1. The van der Waals surface area contributed by atoms with Gasteiger partial charge in [-0.2, -0.15) is 0 Å². The molecule has 1 aromatic heterocycles. The van der Waals surface area contributed by atoms with Gasteiger partial charge in [-0.15, -0.1) is 11.3 Å². The summed E-state index contributed by atoms with van der Waals surface area (Å²) in [7, 11) is 4.86. The second-order valence-corrected chi connectivity index (χ2v) is 19.7. The zero-order valence-corrected chi connectivity index (χ0v) is 40.1. The predicted octanol–water partition coefficient (Wildman–Crippen LogP) is 6.78. The van der Waals surface area contributed by atoms with Crippen molar-refractivity contribution in [3.8, 4) is 0 Å². The number of carbonyl (C=O) groups excluding carboxylic acids is 5. The number of methoxy groups -OCH3 is 2. The molecule has 2 aliphatic heterocycles. The van der Waals surface area contributed by atoms with Gasteiger partial charge >= 0.3 is 6.09 Å². The molecule has 2 aromatic rings. The maximum atomic E-state index is 14.6. The van der Waals surface area contributed by atoms with Crippen molar-refractivity contribution >= 4 is 41.1 Å². The van der Waals surface area contributed by atoms with E-state index >= 15 is 0 Å². The number of carbonyl (C=O) groups is 5. The van der Waals surface area contributed by atoms with Crippen LogP contribution in [0, 0.1) is 17.8 Å². The van der Waals surface area contributed by atoms with Crippen molar-refractivity contribution < 1.29 is 38.2 Å². The fourth-order valence-electron chi connectivity index (χ4n) is 9.06. The number of nitrogens with one attached hydrogen (secondary N) is 2. The Kier molecular flexibility index (Phi) is 18.4.